The molecule has 15 nitrogen and oxygen atoms in total. The maximum atomic E-state index is 13.0. The number of rotatable bonds is 40. The summed E-state index contributed by atoms with van der Waals surface area (Å²) in [6, 6.07) is 0. The fourth-order valence-corrected chi connectivity index (χ4v) is 8.07. The Labute approximate surface area is 396 Å². The number of esters is 2. The number of carbonyl (C=O) groups is 2. The Morgan fingerprint density at radius 1 is 0.470 bits per heavy atom. The molecule has 0 aromatic rings. The van der Waals surface area contributed by atoms with Gasteiger partial charge in [0.1, 0.15) is 55.4 Å². The van der Waals surface area contributed by atoms with E-state index in [1.54, 1.807) is 0 Å². The second-order valence-corrected chi connectivity index (χ2v) is 18.3. The summed E-state index contributed by atoms with van der Waals surface area (Å²) in [4.78, 5) is 25.7. The number of ether oxygens (including phenoxy) is 6. The molecule has 11 atom stereocenters. The van der Waals surface area contributed by atoms with Crippen molar-refractivity contribution in [3.8, 4) is 0 Å². The largest absolute Gasteiger partial charge is 0.462 e. The van der Waals surface area contributed by atoms with Gasteiger partial charge in [-0.1, -0.05) is 147 Å². The molecule has 2 aliphatic rings. The standard InChI is InChI=1S/C51H92O15/c1-3-5-7-9-11-13-15-16-17-18-19-20-21-22-24-25-27-29-31-33-42(53)61-36-39(64-43(54)34-32-30-28-26-23-14-12-10-8-6-4-2)37-62-50-49(60)47(58)45(56)41(66-50)38-63-51-48(59)46(57)44(55)40(35-52)65-51/h10,12,16-17,39-41,44-52,55-60H,3-9,11,13-15,18-38H2,1-2H3/b12-10+,17-16+/t39-,40+,41+,44-,45-,46?,47?,48?,49?,50+,51+/m0/s1. The van der Waals surface area contributed by atoms with E-state index in [1.807, 2.05) is 0 Å². The van der Waals surface area contributed by atoms with Crippen molar-refractivity contribution in [2.75, 3.05) is 26.4 Å². The average Bonchev–Trinajstić information content (AvgIpc) is 3.31. The topological polar surface area (TPSA) is 231 Å². The number of hydrogen-bond donors (Lipinski definition) is 7. The highest BCUT2D eigenvalue weighted by Crippen LogP contribution is 2.26. The first-order valence-corrected chi connectivity index (χ1v) is 25.9. The van der Waals surface area contributed by atoms with Gasteiger partial charge in [-0.25, -0.2) is 0 Å². The van der Waals surface area contributed by atoms with Crippen molar-refractivity contribution in [1.29, 1.82) is 0 Å². The van der Waals surface area contributed by atoms with Gasteiger partial charge in [-0.05, 0) is 57.8 Å². The molecule has 386 valence electrons. The van der Waals surface area contributed by atoms with Crippen LogP contribution in [0.4, 0.5) is 0 Å². The van der Waals surface area contributed by atoms with Crippen LogP contribution in [0.3, 0.4) is 0 Å². The monoisotopic (exact) mass is 945 g/mol. The van der Waals surface area contributed by atoms with Crippen molar-refractivity contribution < 1.29 is 73.8 Å². The van der Waals surface area contributed by atoms with Gasteiger partial charge in [0.05, 0.1) is 19.8 Å². The number of allylic oxidation sites excluding steroid dienone is 4. The van der Waals surface area contributed by atoms with E-state index in [4.69, 9.17) is 28.4 Å². The molecule has 0 bridgehead atoms. The van der Waals surface area contributed by atoms with Crippen molar-refractivity contribution in [3.63, 3.8) is 0 Å². The van der Waals surface area contributed by atoms with Crippen LogP contribution in [0.15, 0.2) is 24.3 Å². The molecule has 2 rings (SSSR count). The maximum Gasteiger partial charge on any atom is 0.306 e. The summed E-state index contributed by atoms with van der Waals surface area (Å²) >= 11 is 0. The van der Waals surface area contributed by atoms with Crippen LogP contribution in [0, 0.1) is 0 Å². The number of aliphatic hydroxyl groups is 7. The van der Waals surface area contributed by atoms with Crippen LogP contribution in [-0.4, -0.2) is 142 Å². The molecule has 0 amide bonds. The second-order valence-electron chi connectivity index (χ2n) is 18.3. The van der Waals surface area contributed by atoms with Crippen LogP contribution in [0.2, 0.25) is 0 Å². The third kappa shape index (κ3) is 26.7. The zero-order valence-electron chi connectivity index (χ0n) is 40.7. The minimum atomic E-state index is -1.76. The van der Waals surface area contributed by atoms with Crippen LogP contribution in [0.25, 0.3) is 0 Å². The van der Waals surface area contributed by atoms with Crippen molar-refractivity contribution in [2.45, 2.75) is 261 Å². The lowest BCUT2D eigenvalue weighted by Crippen LogP contribution is -2.61. The fraction of sp³-hybridized carbons (Fsp3) is 0.882. The minimum Gasteiger partial charge on any atom is -0.462 e. The Morgan fingerprint density at radius 3 is 1.38 bits per heavy atom. The molecule has 15 heteroatoms. The van der Waals surface area contributed by atoms with E-state index in [-0.39, 0.29) is 26.1 Å². The first kappa shape index (κ1) is 60.1. The molecule has 0 aromatic heterocycles. The molecule has 2 saturated heterocycles. The van der Waals surface area contributed by atoms with Gasteiger partial charge in [-0.3, -0.25) is 9.59 Å². The smallest absolute Gasteiger partial charge is 0.306 e. The van der Waals surface area contributed by atoms with E-state index in [2.05, 4.69) is 38.2 Å². The SMILES string of the molecule is CCCC/C=C/CCCCCCCC(=O)O[C@@H](COC(=O)CCCCCCCCCCC/C=C/CCCCCCCC)CO[C@@H]1O[C@H](CO[C@@H]2O[C@H](CO)[C@H](O)C(O)C2O)[C@H](O)C(O)C1O. The Kier molecular flexibility index (Phi) is 35.3. The van der Waals surface area contributed by atoms with Gasteiger partial charge in [-0.2, -0.15) is 0 Å². The summed E-state index contributed by atoms with van der Waals surface area (Å²) in [6.45, 7) is 2.54. The minimum absolute atomic E-state index is 0.156. The number of unbranched alkanes of at least 4 members (excludes halogenated alkanes) is 22. The highest BCUT2D eigenvalue weighted by Gasteiger charge is 2.47. The van der Waals surface area contributed by atoms with Crippen LogP contribution in [-0.2, 0) is 38.0 Å². The van der Waals surface area contributed by atoms with Gasteiger partial charge >= 0.3 is 11.9 Å². The fourth-order valence-electron chi connectivity index (χ4n) is 8.07. The first-order valence-electron chi connectivity index (χ1n) is 25.9. The molecule has 0 aliphatic carbocycles. The Morgan fingerprint density at radius 2 is 0.879 bits per heavy atom. The highest BCUT2D eigenvalue weighted by molar-refractivity contribution is 5.70. The van der Waals surface area contributed by atoms with E-state index in [1.165, 1.54) is 96.3 Å². The lowest BCUT2D eigenvalue weighted by atomic mass is 9.98. The quantitative estimate of drug-likeness (QED) is 0.0184. The summed E-state index contributed by atoms with van der Waals surface area (Å²) < 4.78 is 33.5. The predicted octanol–water partition coefficient (Wildman–Crippen LogP) is 7.16. The Hall–Kier alpha value is -2.02. The molecule has 0 saturated carbocycles. The zero-order valence-corrected chi connectivity index (χ0v) is 40.7. The van der Waals surface area contributed by atoms with Crippen molar-refractivity contribution in [1.82, 2.24) is 0 Å². The molecule has 2 fully saturated rings. The van der Waals surface area contributed by atoms with E-state index in [0.29, 0.717) is 12.8 Å². The molecule has 66 heavy (non-hydrogen) atoms. The summed E-state index contributed by atoms with van der Waals surface area (Å²) in [7, 11) is 0. The second kappa shape index (κ2) is 38.8. The average molecular weight is 945 g/mol. The Balaban J connectivity index is 1.78. The summed E-state index contributed by atoms with van der Waals surface area (Å²) in [5.41, 5.74) is 0. The third-order valence-electron chi connectivity index (χ3n) is 12.4. The van der Waals surface area contributed by atoms with E-state index in [0.717, 1.165) is 57.8 Å². The number of hydrogen-bond acceptors (Lipinski definition) is 15. The van der Waals surface area contributed by atoms with Gasteiger partial charge in [-0.15, -0.1) is 0 Å². The van der Waals surface area contributed by atoms with Crippen molar-refractivity contribution in [3.05, 3.63) is 24.3 Å². The van der Waals surface area contributed by atoms with E-state index < -0.39 is 92.7 Å². The molecule has 2 heterocycles. The molecule has 2 aliphatic heterocycles. The van der Waals surface area contributed by atoms with Crippen molar-refractivity contribution in [2.24, 2.45) is 0 Å². The summed E-state index contributed by atoms with van der Waals surface area (Å²) in [6.07, 6.45) is 22.1. The molecule has 0 aromatic carbocycles. The molecular weight excluding hydrogens is 853 g/mol. The number of carbonyl (C=O) groups excluding carboxylic acids is 2. The van der Waals surface area contributed by atoms with Crippen LogP contribution in [0.5, 0.6) is 0 Å². The normalized spacial score (nSPS) is 26.3. The molecule has 4 unspecified atom stereocenters. The lowest BCUT2D eigenvalue weighted by Gasteiger charge is -2.42. The summed E-state index contributed by atoms with van der Waals surface area (Å²) in [5, 5.41) is 72.0. The molecular formula is C51H92O15. The van der Waals surface area contributed by atoms with Crippen molar-refractivity contribution >= 4 is 11.9 Å². The van der Waals surface area contributed by atoms with E-state index >= 15 is 0 Å². The highest BCUT2D eigenvalue weighted by atomic mass is 16.7. The number of aliphatic hydroxyl groups excluding tert-OH is 7. The molecule has 7 N–H and O–H groups in total. The van der Waals surface area contributed by atoms with Gasteiger partial charge in [0.2, 0.25) is 0 Å². The molecule has 0 spiro atoms. The van der Waals surface area contributed by atoms with Crippen LogP contribution in [0.1, 0.15) is 194 Å². The van der Waals surface area contributed by atoms with Crippen LogP contribution >= 0.6 is 0 Å². The van der Waals surface area contributed by atoms with Gasteiger partial charge < -0.3 is 64.2 Å². The van der Waals surface area contributed by atoms with Gasteiger partial charge in [0.15, 0.2) is 18.7 Å². The first-order chi connectivity index (χ1) is 32.0. The van der Waals surface area contributed by atoms with Gasteiger partial charge in [0, 0.05) is 12.8 Å². The zero-order chi connectivity index (χ0) is 48.2. The third-order valence-corrected chi connectivity index (χ3v) is 12.4. The summed E-state index contributed by atoms with van der Waals surface area (Å²) in [5.74, 6) is -0.935. The van der Waals surface area contributed by atoms with Crippen LogP contribution < -0.4 is 0 Å². The van der Waals surface area contributed by atoms with Gasteiger partial charge in [0.25, 0.3) is 0 Å². The predicted molar refractivity (Wildman–Crippen MR) is 252 cm³/mol. The lowest BCUT2D eigenvalue weighted by molar-refractivity contribution is -0.332. The Bertz CT molecular complexity index is 1250. The van der Waals surface area contributed by atoms with E-state index in [9.17, 15) is 45.3 Å². The molecule has 0 radical (unpaired) electrons. The maximum absolute atomic E-state index is 13.0.